The van der Waals surface area contributed by atoms with Crippen LogP contribution in [0, 0.1) is 0 Å². The van der Waals surface area contributed by atoms with Crippen LogP contribution in [0.3, 0.4) is 0 Å². The van der Waals surface area contributed by atoms with Crippen LogP contribution in [0.2, 0.25) is 0 Å². The number of Topliss-reactive ketones (excluding diaryl/α,β-unsaturated/α-hetero) is 1. The number of benzene rings is 1. The highest BCUT2D eigenvalue weighted by molar-refractivity contribution is 7.87. The summed E-state index contributed by atoms with van der Waals surface area (Å²) in [4.78, 5) is 12.6. The third kappa shape index (κ3) is 1.46. The van der Waals surface area contributed by atoms with E-state index in [0.717, 1.165) is 11.1 Å². The summed E-state index contributed by atoms with van der Waals surface area (Å²) in [5.74, 6) is 0.634. The van der Waals surface area contributed by atoms with Gasteiger partial charge in [-0.25, -0.2) is 0 Å². The van der Waals surface area contributed by atoms with Gasteiger partial charge in [0.25, 0.3) is 0 Å². The van der Waals surface area contributed by atoms with E-state index < -0.39 is 15.5 Å². The molecule has 1 aliphatic heterocycles. The van der Waals surface area contributed by atoms with Crippen LogP contribution in [0.25, 0.3) is 0 Å². The maximum atomic E-state index is 12.6. The zero-order chi connectivity index (χ0) is 12.9. The molecule has 0 amide bonds. The van der Waals surface area contributed by atoms with Gasteiger partial charge in [0.2, 0.25) is 0 Å². The summed E-state index contributed by atoms with van der Waals surface area (Å²) in [5.41, 5.74) is 4.25. The summed E-state index contributed by atoms with van der Waals surface area (Å²) in [5, 5.41) is 0. The molecule has 1 aromatic carbocycles. The fraction of sp³-hybridized carbons (Fsp3) is 0.400. The first-order chi connectivity index (χ1) is 8.54. The van der Waals surface area contributed by atoms with Crippen molar-refractivity contribution in [2.75, 3.05) is 5.75 Å². The minimum Gasteiger partial charge on any atom is -0.292 e. The summed E-state index contributed by atoms with van der Waals surface area (Å²) < 4.78 is 11.8. The number of carbonyl (C=O) groups excluding carboxylic acids is 1. The first kappa shape index (κ1) is 11.8. The van der Waals surface area contributed by atoms with E-state index >= 15 is 0 Å². The molecule has 0 radical (unpaired) electrons. The zero-order valence-corrected chi connectivity index (χ0v) is 11.5. The molecule has 18 heavy (non-hydrogen) atoms. The molecule has 0 bridgehead atoms. The van der Waals surface area contributed by atoms with E-state index in [0.29, 0.717) is 18.6 Å². The van der Waals surface area contributed by atoms with Gasteiger partial charge in [-0.05, 0) is 32.3 Å². The highest BCUT2D eigenvalue weighted by Gasteiger charge is 2.51. The number of hydrogen-bond donors (Lipinski definition) is 0. The molecule has 2 aliphatic rings. The lowest BCUT2D eigenvalue weighted by Gasteiger charge is -2.32. The topological polar surface area (TPSA) is 34.1 Å². The van der Waals surface area contributed by atoms with Gasteiger partial charge in [0.15, 0.2) is 5.78 Å². The van der Waals surface area contributed by atoms with Gasteiger partial charge in [-0.1, -0.05) is 35.4 Å². The normalized spacial score (nSPS) is 31.0. The second-order valence-electron chi connectivity index (χ2n) is 5.38. The molecule has 3 heteroatoms. The molecule has 0 saturated carbocycles. The molecule has 94 valence electrons. The lowest BCUT2D eigenvalue weighted by Crippen LogP contribution is -2.45. The third-order valence-electron chi connectivity index (χ3n) is 4.21. The van der Waals surface area contributed by atoms with Crippen LogP contribution in [-0.2, 0) is 17.2 Å². The molecule has 1 aliphatic carbocycles. The maximum absolute atomic E-state index is 12.6. The number of ketones is 1. The molecule has 1 spiro atoms. The molecule has 0 aromatic heterocycles. The molecule has 1 aromatic rings. The third-order valence-corrected chi connectivity index (χ3v) is 6.26. The monoisotopic (exact) mass is 260 g/mol. The Morgan fingerprint density at radius 1 is 1.11 bits per heavy atom. The van der Waals surface area contributed by atoms with E-state index in [2.05, 4.69) is 6.92 Å². The largest absolute Gasteiger partial charge is 0.292 e. The molecule has 1 unspecified atom stereocenters. The van der Waals surface area contributed by atoms with E-state index in [9.17, 15) is 9.00 Å². The maximum Gasteiger partial charge on any atom is 0.182 e. The number of hydrogen-bond acceptors (Lipinski definition) is 2. The van der Waals surface area contributed by atoms with E-state index in [-0.39, 0.29) is 5.78 Å². The molecule has 0 saturated heterocycles. The van der Waals surface area contributed by atoms with Gasteiger partial charge < -0.3 is 0 Å². The van der Waals surface area contributed by atoms with E-state index in [1.54, 1.807) is 0 Å². The fourth-order valence-corrected chi connectivity index (χ4v) is 4.90. The van der Waals surface area contributed by atoms with Crippen molar-refractivity contribution in [3.05, 3.63) is 46.5 Å². The average molecular weight is 260 g/mol. The van der Waals surface area contributed by atoms with E-state index in [4.69, 9.17) is 0 Å². The van der Waals surface area contributed by atoms with Gasteiger partial charge in [-0.3, -0.25) is 9.00 Å². The van der Waals surface area contributed by atoms with Crippen LogP contribution in [-0.4, -0.2) is 20.5 Å². The van der Waals surface area contributed by atoms with Gasteiger partial charge in [-0.15, -0.1) is 0 Å². The summed E-state index contributed by atoms with van der Waals surface area (Å²) in [6.45, 7) is 4.08. The Hall–Kier alpha value is -1.22. The minimum atomic E-state index is -1.09. The van der Waals surface area contributed by atoms with E-state index in [1.165, 1.54) is 11.1 Å². The van der Waals surface area contributed by atoms with Crippen LogP contribution >= 0.6 is 0 Å². The summed E-state index contributed by atoms with van der Waals surface area (Å²) in [6.07, 6.45) is 1.29. The standard InChI is InChI=1S/C15H16O2S/c1-10-7-15(18(17)9-11(10)2)8-12-5-3-4-6-13(12)14(15)16/h3-6H,7-9H2,1-2H3/t15-,18?/m0/s1. The van der Waals surface area contributed by atoms with Crippen molar-refractivity contribution in [2.24, 2.45) is 0 Å². The van der Waals surface area contributed by atoms with Crippen molar-refractivity contribution in [3.63, 3.8) is 0 Å². The lowest BCUT2D eigenvalue weighted by molar-refractivity contribution is 0.0954. The molecule has 2 atom stereocenters. The molecule has 2 nitrogen and oxygen atoms in total. The molecule has 3 rings (SSSR count). The van der Waals surface area contributed by atoms with Gasteiger partial charge in [-0.2, -0.15) is 0 Å². The highest BCUT2D eigenvalue weighted by atomic mass is 32.2. The van der Waals surface area contributed by atoms with E-state index in [1.807, 2.05) is 31.2 Å². The Labute approximate surface area is 110 Å². The Morgan fingerprint density at radius 2 is 1.83 bits per heavy atom. The molecule has 1 heterocycles. The summed E-state index contributed by atoms with van der Waals surface area (Å²) in [7, 11) is -1.09. The quantitative estimate of drug-likeness (QED) is 0.672. The zero-order valence-electron chi connectivity index (χ0n) is 10.7. The second kappa shape index (κ2) is 3.89. The Bertz CT molecular complexity index is 600. The predicted molar refractivity (Wildman–Crippen MR) is 73.2 cm³/mol. The van der Waals surface area contributed by atoms with Crippen molar-refractivity contribution in [1.82, 2.24) is 0 Å². The Balaban J connectivity index is 2.11. The van der Waals surface area contributed by atoms with Crippen LogP contribution in [0.5, 0.6) is 0 Å². The van der Waals surface area contributed by atoms with Crippen molar-refractivity contribution < 1.29 is 9.00 Å². The second-order valence-corrected chi connectivity index (χ2v) is 7.15. The summed E-state index contributed by atoms with van der Waals surface area (Å²) in [6, 6.07) is 7.68. The van der Waals surface area contributed by atoms with Crippen molar-refractivity contribution >= 4 is 16.6 Å². The number of allylic oxidation sites excluding steroid dienone is 1. The van der Waals surface area contributed by atoms with Crippen molar-refractivity contribution in [1.29, 1.82) is 0 Å². The fourth-order valence-electron chi connectivity index (χ4n) is 2.97. The number of carbonyl (C=O) groups is 1. The number of rotatable bonds is 0. The first-order valence-corrected chi connectivity index (χ1v) is 7.53. The molecular weight excluding hydrogens is 244 g/mol. The van der Waals surface area contributed by atoms with Crippen LogP contribution in [0.1, 0.15) is 36.2 Å². The minimum absolute atomic E-state index is 0.0864. The van der Waals surface area contributed by atoms with Crippen LogP contribution in [0.4, 0.5) is 0 Å². The smallest absolute Gasteiger partial charge is 0.182 e. The Kier molecular flexibility index (Phi) is 2.56. The van der Waals surface area contributed by atoms with Crippen molar-refractivity contribution in [3.8, 4) is 0 Å². The van der Waals surface area contributed by atoms with Gasteiger partial charge in [0, 0.05) is 22.1 Å². The van der Waals surface area contributed by atoms with Crippen molar-refractivity contribution in [2.45, 2.75) is 31.4 Å². The molecular formula is C15H16O2S. The number of fused-ring (bicyclic) bond motifs is 1. The summed E-state index contributed by atoms with van der Waals surface area (Å²) >= 11 is 0. The Morgan fingerprint density at radius 3 is 2.56 bits per heavy atom. The van der Waals surface area contributed by atoms with Gasteiger partial charge in [0.05, 0.1) is 0 Å². The average Bonchev–Trinajstić information content (AvgIpc) is 2.62. The van der Waals surface area contributed by atoms with Crippen LogP contribution in [0.15, 0.2) is 35.4 Å². The molecule has 0 fully saturated rings. The van der Waals surface area contributed by atoms with Crippen LogP contribution < -0.4 is 0 Å². The highest BCUT2D eigenvalue weighted by Crippen LogP contribution is 2.42. The van der Waals surface area contributed by atoms with Gasteiger partial charge in [0.1, 0.15) is 4.75 Å². The predicted octanol–water partition coefficient (Wildman–Crippen LogP) is 2.65. The molecule has 0 N–H and O–H groups in total. The lowest BCUT2D eigenvalue weighted by atomic mass is 9.92. The van der Waals surface area contributed by atoms with Gasteiger partial charge >= 0.3 is 0 Å². The SMILES string of the molecule is CC1=C(C)C[C@@]2(Cc3ccccc3C2=O)S(=O)C1. The first-order valence-electron chi connectivity index (χ1n) is 6.21.